The third-order valence-electron chi connectivity index (χ3n) is 5.64. The second-order valence-corrected chi connectivity index (χ2v) is 10.2. The highest BCUT2D eigenvalue weighted by Gasteiger charge is 2.25. The average Bonchev–Trinajstić information content (AvgIpc) is 3.10. The van der Waals surface area contributed by atoms with Crippen molar-refractivity contribution in [1.29, 1.82) is 0 Å². The zero-order chi connectivity index (χ0) is 24.7. The number of carbonyl (C=O) groups excluding carboxylic acids is 3. The van der Waals surface area contributed by atoms with Gasteiger partial charge in [-0.2, -0.15) is 4.31 Å². The first kappa shape index (κ1) is 25.4. The molecule has 10 heteroatoms. The molecule has 0 atom stereocenters. The average molecular weight is 488 g/mol. The van der Waals surface area contributed by atoms with E-state index >= 15 is 0 Å². The molecule has 9 nitrogen and oxygen atoms in total. The van der Waals surface area contributed by atoms with Crippen LogP contribution in [0.15, 0.2) is 47.4 Å². The van der Waals surface area contributed by atoms with Gasteiger partial charge in [0.25, 0.3) is 5.91 Å². The number of amides is 3. The molecule has 0 bridgehead atoms. The van der Waals surface area contributed by atoms with E-state index in [1.54, 1.807) is 12.1 Å². The molecule has 182 valence electrons. The molecular weight excluding hydrogens is 458 g/mol. The Kier molecular flexibility index (Phi) is 8.41. The molecule has 1 fully saturated rings. The van der Waals surface area contributed by atoms with Crippen molar-refractivity contribution in [3.8, 4) is 0 Å². The molecule has 0 aromatic heterocycles. The monoisotopic (exact) mass is 487 g/mol. The highest BCUT2D eigenvalue weighted by molar-refractivity contribution is 7.89. The van der Waals surface area contributed by atoms with Crippen LogP contribution in [0, 0.1) is 13.8 Å². The van der Waals surface area contributed by atoms with Crippen molar-refractivity contribution in [3.63, 3.8) is 0 Å². The van der Waals surface area contributed by atoms with Crippen LogP contribution in [-0.4, -0.2) is 50.3 Å². The minimum atomic E-state index is -3.63. The van der Waals surface area contributed by atoms with Gasteiger partial charge in [0.05, 0.1) is 10.5 Å². The van der Waals surface area contributed by atoms with Gasteiger partial charge in [-0.05, 0) is 74.2 Å². The second-order valence-electron chi connectivity index (χ2n) is 8.22. The van der Waals surface area contributed by atoms with Crippen molar-refractivity contribution in [2.75, 3.05) is 25.0 Å². The fourth-order valence-corrected chi connectivity index (χ4v) is 5.07. The lowest BCUT2D eigenvalue weighted by atomic mass is 10.1. The fraction of sp³-hybridized carbons (Fsp3) is 0.375. The van der Waals surface area contributed by atoms with Crippen LogP contribution in [0.3, 0.4) is 0 Å². The molecule has 0 saturated carbocycles. The van der Waals surface area contributed by atoms with Crippen LogP contribution >= 0.6 is 0 Å². The number of benzene rings is 2. The number of urea groups is 1. The van der Waals surface area contributed by atoms with Gasteiger partial charge in [0, 0.05) is 18.8 Å². The highest BCUT2D eigenvalue weighted by Crippen LogP contribution is 2.21. The fourth-order valence-electron chi connectivity index (χ4n) is 3.55. The lowest BCUT2D eigenvalue weighted by molar-refractivity contribution is -0.123. The standard InChI is InChI=1S/C24H29N3O6S/c1-17-7-10-20(15-18(17)2)25-24(30)26-22(28)16-33-23(29)19-8-11-21(12-9-19)34(31,32)27-13-5-3-4-6-14-27/h7-12,15H,3-6,13-14,16H2,1-2H3,(H2,25,26,28,30). The van der Waals surface area contributed by atoms with Crippen molar-refractivity contribution >= 4 is 33.6 Å². The van der Waals surface area contributed by atoms with Crippen LogP contribution in [-0.2, 0) is 19.6 Å². The molecular formula is C24H29N3O6S. The number of aryl methyl sites for hydroxylation is 2. The van der Waals surface area contributed by atoms with E-state index in [4.69, 9.17) is 4.74 Å². The maximum Gasteiger partial charge on any atom is 0.338 e. The number of imide groups is 1. The summed E-state index contributed by atoms with van der Waals surface area (Å²) in [6, 6.07) is 9.99. The number of ether oxygens (including phenoxy) is 1. The molecule has 3 rings (SSSR count). The number of anilines is 1. The third kappa shape index (κ3) is 6.64. The van der Waals surface area contributed by atoms with Crippen LogP contribution in [0.4, 0.5) is 10.5 Å². The largest absolute Gasteiger partial charge is 0.452 e. The number of nitrogens with zero attached hydrogens (tertiary/aromatic N) is 1. The summed E-state index contributed by atoms with van der Waals surface area (Å²) in [5, 5.41) is 4.63. The van der Waals surface area contributed by atoms with Crippen molar-refractivity contribution in [1.82, 2.24) is 9.62 Å². The van der Waals surface area contributed by atoms with Crippen LogP contribution < -0.4 is 10.6 Å². The van der Waals surface area contributed by atoms with Crippen LogP contribution in [0.25, 0.3) is 0 Å². The number of nitrogens with one attached hydrogen (secondary N) is 2. The molecule has 2 aromatic carbocycles. The Labute approximate surface area is 199 Å². The molecule has 1 heterocycles. The Morgan fingerprint density at radius 2 is 1.56 bits per heavy atom. The number of carbonyl (C=O) groups is 3. The predicted molar refractivity (Wildman–Crippen MR) is 127 cm³/mol. The van der Waals surface area contributed by atoms with Gasteiger partial charge in [0.1, 0.15) is 0 Å². The first-order chi connectivity index (χ1) is 16.2. The minimum absolute atomic E-state index is 0.0993. The maximum atomic E-state index is 12.8. The predicted octanol–water partition coefficient (Wildman–Crippen LogP) is 3.37. The van der Waals surface area contributed by atoms with Gasteiger partial charge in [-0.15, -0.1) is 0 Å². The summed E-state index contributed by atoms with van der Waals surface area (Å²) in [6.07, 6.45) is 3.68. The van der Waals surface area contributed by atoms with Crippen molar-refractivity contribution in [2.45, 2.75) is 44.4 Å². The van der Waals surface area contributed by atoms with Crippen LogP contribution in [0.5, 0.6) is 0 Å². The minimum Gasteiger partial charge on any atom is -0.452 e. The van der Waals surface area contributed by atoms with Crippen LogP contribution in [0.2, 0.25) is 0 Å². The van der Waals surface area contributed by atoms with Gasteiger partial charge in [-0.25, -0.2) is 18.0 Å². The third-order valence-corrected chi connectivity index (χ3v) is 7.56. The summed E-state index contributed by atoms with van der Waals surface area (Å²) < 4.78 is 32.1. The Balaban J connectivity index is 1.50. The van der Waals surface area contributed by atoms with Crippen molar-refractivity contribution < 1.29 is 27.5 Å². The molecule has 0 spiro atoms. The summed E-state index contributed by atoms with van der Waals surface area (Å²) in [6.45, 7) is 4.16. The van der Waals surface area contributed by atoms with Crippen LogP contribution in [0.1, 0.15) is 47.2 Å². The van der Waals surface area contributed by atoms with Gasteiger partial charge in [-0.3, -0.25) is 10.1 Å². The molecule has 0 aliphatic carbocycles. The quantitative estimate of drug-likeness (QED) is 0.603. The number of hydrogen-bond acceptors (Lipinski definition) is 6. The SMILES string of the molecule is Cc1ccc(NC(=O)NC(=O)COC(=O)c2ccc(S(=O)(=O)N3CCCCCC3)cc2)cc1C. The molecule has 1 saturated heterocycles. The van der Waals surface area contributed by atoms with E-state index in [2.05, 4.69) is 10.6 Å². The van der Waals surface area contributed by atoms with Gasteiger partial charge in [-0.1, -0.05) is 18.9 Å². The molecule has 1 aliphatic rings. The second kappa shape index (κ2) is 11.3. The van der Waals surface area contributed by atoms with E-state index in [9.17, 15) is 22.8 Å². The maximum absolute atomic E-state index is 12.8. The molecule has 0 radical (unpaired) electrons. The summed E-state index contributed by atoms with van der Waals surface area (Å²) in [5.41, 5.74) is 2.69. The highest BCUT2D eigenvalue weighted by atomic mass is 32.2. The first-order valence-corrected chi connectivity index (χ1v) is 12.6. The summed E-state index contributed by atoms with van der Waals surface area (Å²) in [7, 11) is -3.63. The van der Waals surface area contributed by atoms with Crippen molar-refractivity contribution in [2.24, 2.45) is 0 Å². The zero-order valence-corrected chi connectivity index (χ0v) is 20.1. The Morgan fingerprint density at radius 1 is 0.912 bits per heavy atom. The van der Waals surface area contributed by atoms with Gasteiger partial charge >= 0.3 is 12.0 Å². The topological polar surface area (TPSA) is 122 Å². The molecule has 34 heavy (non-hydrogen) atoms. The normalized spacial score (nSPS) is 14.6. The number of hydrogen-bond donors (Lipinski definition) is 2. The summed E-state index contributed by atoms with van der Waals surface area (Å²) in [5.74, 6) is -1.60. The zero-order valence-electron chi connectivity index (χ0n) is 19.3. The molecule has 1 aliphatic heterocycles. The number of sulfonamides is 1. The molecule has 2 N–H and O–H groups in total. The summed E-state index contributed by atoms with van der Waals surface area (Å²) >= 11 is 0. The number of rotatable bonds is 6. The Hall–Kier alpha value is -3.24. The van der Waals surface area contributed by atoms with E-state index in [1.165, 1.54) is 28.6 Å². The number of esters is 1. The van der Waals surface area contributed by atoms with E-state index in [-0.39, 0.29) is 10.5 Å². The van der Waals surface area contributed by atoms with Crippen molar-refractivity contribution in [3.05, 3.63) is 59.2 Å². The van der Waals surface area contributed by atoms with Gasteiger partial charge < -0.3 is 10.1 Å². The first-order valence-electron chi connectivity index (χ1n) is 11.1. The lowest BCUT2D eigenvalue weighted by Crippen LogP contribution is -2.37. The van der Waals surface area contributed by atoms with E-state index in [1.807, 2.05) is 19.9 Å². The van der Waals surface area contributed by atoms with Gasteiger partial charge in [0.15, 0.2) is 6.61 Å². The smallest absolute Gasteiger partial charge is 0.338 e. The molecule has 0 unspecified atom stereocenters. The Bertz CT molecular complexity index is 1150. The van der Waals surface area contributed by atoms with E-state index in [0.29, 0.717) is 18.8 Å². The lowest BCUT2D eigenvalue weighted by Gasteiger charge is -2.19. The van der Waals surface area contributed by atoms with E-state index in [0.717, 1.165) is 36.8 Å². The van der Waals surface area contributed by atoms with Gasteiger partial charge in [0.2, 0.25) is 10.0 Å². The molecule has 2 aromatic rings. The van der Waals surface area contributed by atoms with E-state index < -0.39 is 34.5 Å². The molecule has 3 amide bonds. The Morgan fingerprint density at radius 3 is 2.18 bits per heavy atom. The summed E-state index contributed by atoms with van der Waals surface area (Å²) in [4.78, 5) is 36.3.